The number of hydrogen-bond donors (Lipinski definition) is 2. The summed E-state index contributed by atoms with van der Waals surface area (Å²) in [6.07, 6.45) is 3.82. The second-order valence-corrected chi connectivity index (χ2v) is 4.89. The molecule has 0 unspecified atom stereocenters. The van der Waals surface area contributed by atoms with E-state index in [1.807, 2.05) is 18.2 Å². The van der Waals surface area contributed by atoms with Gasteiger partial charge < -0.3 is 10.9 Å². The normalized spacial score (nSPS) is 16.2. The maximum absolute atomic E-state index is 8.70. The van der Waals surface area contributed by atoms with Crippen molar-refractivity contribution < 1.29 is 5.21 Å². The fourth-order valence-electron chi connectivity index (χ4n) is 2.24. The molecule has 0 amide bonds. The number of nitrogens with two attached hydrogens (primary N) is 1. The summed E-state index contributed by atoms with van der Waals surface area (Å²) in [6.45, 7) is 4.30. The van der Waals surface area contributed by atoms with Gasteiger partial charge in [-0.05, 0) is 37.4 Å². The average Bonchev–Trinajstić information content (AvgIpc) is 3.22. The minimum atomic E-state index is 0.172. The van der Waals surface area contributed by atoms with Crippen LogP contribution < -0.4 is 5.73 Å². The van der Waals surface area contributed by atoms with Gasteiger partial charge in [-0.25, -0.2) is 0 Å². The molecule has 1 aliphatic carbocycles. The molecule has 0 spiro atoms. The number of nitrogens with zero attached hydrogens (tertiary/aromatic N) is 2. The molecule has 0 saturated heterocycles. The molecule has 0 aliphatic heterocycles. The lowest BCUT2D eigenvalue weighted by molar-refractivity contribution is 0.255. The van der Waals surface area contributed by atoms with E-state index in [1.165, 1.54) is 24.8 Å². The Morgan fingerprint density at radius 1 is 1.50 bits per heavy atom. The van der Waals surface area contributed by atoms with E-state index < -0.39 is 0 Å². The molecule has 3 N–H and O–H groups in total. The quantitative estimate of drug-likeness (QED) is 0.350. The van der Waals surface area contributed by atoms with Gasteiger partial charge in [0.05, 0.1) is 0 Å². The largest absolute Gasteiger partial charge is 0.409 e. The molecule has 0 heterocycles. The molecule has 4 heteroatoms. The van der Waals surface area contributed by atoms with Crippen molar-refractivity contribution >= 4 is 5.84 Å². The van der Waals surface area contributed by atoms with Crippen molar-refractivity contribution in [3.63, 3.8) is 0 Å². The smallest absolute Gasteiger partial charge is 0.170 e. The molecule has 1 aromatic carbocycles. The van der Waals surface area contributed by atoms with E-state index in [0.717, 1.165) is 24.7 Å². The van der Waals surface area contributed by atoms with Gasteiger partial charge in [0.25, 0.3) is 0 Å². The molecule has 4 nitrogen and oxygen atoms in total. The van der Waals surface area contributed by atoms with Crippen molar-refractivity contribution in [3.8, 4) is 0 Å². The summed E-state index contributed by atoms with van der Waals surface area (Å²) >= 11 is 0. The molecule has 1 fully saturated rings. The van der Waals surface area contributed by atoms with Crippen molar-refractivity contribution in [1.29, 1.82) is 0 Å². The number of amidine groups is 1. The highest BCUT2D eigenvalue weighted by molar-refractivity contribution is 5.97. The van der Waals surface area contributed by atoms with Gasteiger partial charge in [0, 0.05) is 18.2 Å². The van der Waals surface area contributed by atoms with E-state index >= 15 is 0 Å². The van der Waals surface area contributed by atoms with Crippen molar-refractivity contribution in [3.05, 3.63) is 35.4 Å². The number of rotatable bonds is 6. The first-order chi connectivity index (χ1) is 8.74. The Morgan fingerprint density at radius 3 is 2.89 bits per heavy atom. The summed E-state index contributed by atoms with van der Waals surface area (Å²) in [5.41, 5.74) is 7.61. The second-order valence-electron chi connectivity index (χ2n) is 4.89. The van der Waals surface area contributed by atoms with Gasteiger partial charge in [-0.2, -0.15) is 0 Å². The van der Waals surface area contributed by atoms with Crippen LogP contribution in [0.3, 0.4) is 0 Å². The zero-order valence-corrected chi connectivity index (χ0v) is 10.8. The topological polar surface area (TPSA) is 61.8 Å². The lowest BCUT2D eigenvalue weighted by atomic mass is 10.1. The summed E-state index contributed by atoms with van der Waals surface area (Å²) in [6, 6.07) is 8.68. The molecule has 1 aliphatic rings. The molecule has 2 rings (SSSR count). The van der Waals surface area contributed by atoms with Crippen LogP contribution in [0, 0.1) is 0 Å². The molecule has 18 heavy (non-hydrogen) atoms. The summed E-state index contributed by atoms with van der Waals surface area (Å²) in [7, 11) is 0. The van der Waals surface area contributed by atoms with Crippen LogP contribution in [0.1, 0.15) is 37.3 Å². The van der Waals surface area contributed by atoms with E-state index in [0.29, 0.717) is 0 Å². The molecule has 1 aromatic rings. The molecular weight excluding hydrogens is 226 g/mol. The Kier molecular flexibility index (Phi) is 4.20. The van der Waals surface area contributed by atoms with Crippen LogP contribution in [0.4, 0.5) is 0 Å². The first-order valence-corrected chi connectivity index (χ1v) is 6.55. The maximum atomic E-state index is 8.70. The van der Waals surface area contributed by atoms with Crippen LogP contribution in [0.15, 0.2) is 29.4 Å². The fraction of sp³-hybridized carbons (Fsp3) is 0.500. The lowest BCUT2D eigenvalue weighted by Gasteiger charge is -2.21. The summed E-state index contributed by atoms with van der Waals surface area (Å²) in [4.78, 5) is 2.52. The Labute approximate surface area is 108 Å². The standard InChI is InChI=1S/C14H21N3O/c1-2-8-17(13-6-7-13)10-11-4-3-5-12(9-11)14(15)16-18/h3-5,9,13,18H,2,6-8,10H2,1H3,(H2,15,16). The molecule has 1 saturated carbocycles. The van der Waals surface area contributed by atoms with Crippen LogP contribution in [-0.4, -0.2) is 28.5 Å². The molecule has 0 aromatic heterocycles. The van der Waals surface area contributed by atoms with Crippen LogP contribution in [0.2, 0.25) is 0 Å². The summed E-state index contributed by atoms with van der Waals surface area (Å²) in [5, 5.41) is 11.7. The number of hydrogen-bond acceptors (Lipinski definition) is 3. The molecule has 98 valence electrons. The highest BCUT2D eigenvalue weighted by atomic mass is 16.4. The van der Waals surface area contributed by atoms with Crippen molar-refractivity contribution in [2.24, 2.45) is 10.9 Å². The highest BCUT2D eigenvalue weighted by Gasteiger charge is 2.28. The fourth-order valence-corrected chi connectivity index (χ4v) is 2.24. The second kappa shape index (κ2) is 5.87. The third-order valence-electron chi connectivity index (χ3n) is 3.29. The van der Waals surface area contributed by atoms with Gasteiger partial charge in [-0.1, -0.05) is 30.3 Å². The van der Waals surface area contributed by atoms with E-state index in [1.54, 1.807) is 0 Å². The van der Waals surface area contributed by atoms with Gasteiger partial charge in [0.15, 0.2) is 5.84 Å². The van der Waals surface area contributed by atoms with E-state index in [-0.39, 0.29) is 5.84 Å². The van der Waals surface area contributed by atoms with Crippen LogP contribution >= 0.6 is 0 Å². The SMILES string of the molecule is CCCN(Cc1cccc(/C(N)=N/O)c1)C1CC1. The van der Waals surface area contributed by atoms with Crippen LogP contribution in [-0.2, 0) is 6.54 Å². The van der Waals surface area contributed by atoms with Gasteiger partial charge in [0.2, 0.25) is 0 Å². The van der Waals surface area contributed by atoms with Gasteiger partial charge >= 0.3 is 0 Å². The van der Waals surface area contributed by atoms with Crippen molar-refractivity contribution in [2.45, 2.75) is 38.8 Å². The minimum absolute atomic E-state index is 0.172. The molecule has 0 radical (unpaired) electrons. The van der Waals surface area contributed by atoms with Crippen molar-refractivity contribution in [2.75, 3.05) is 6.54 Å². The Bertz CT molecular complexity index is 427. The third-order valence-corrected chi connectivity index (χ3v) is 3.29. The lowest BCUT2D eigenvalue weighted by Crippen LogP contribution is -2.26. The Morgan fingerprint density at radius 2 is 2.28 bits per heavy atom. The average molecular weight is 247 g/mol. The van der Waals surface area contributed by atoms with Gasteiger partial charge in [-0.15, -0.1) is 0 Å². The van der Waals surface area contributed by atoms with Gasteiger partial charge in [-0.3, -0.25) is 4.90 Å². The van der Waals surface area contributed by atoms with Crippen LogP contribution in [0.25, 0.3) is 0 Å². The predicted octanol–water partition coefficient (Wildman–Crippen LogP) is 2.16. The highest BCUT2D eigenvalue weighted by Crippen LogP contribution is 2.28. The molecular formula is C14H21N3O. The van der Waals surface area contributed by atoms with E-state index in [4.69, 9.17) is 10.9 Å². The maximum Gasteiger partial charge on any atom is 0.170 e. The predicted molar refractivity (Wildman–Crippen MR) is 72.7 cm³/mol. The Balaban J connectivity index is 2.08. The number of benzene rings is 1. The van der Waals surface area contributed by atoms with E-state index in [2.05, 4.69) is 23.0 Å². The van der Waals surface area contributed by atoms with E-state index in [9.17, 15) is 0 Å². The zero-order valence-electron chi connectivity index (χ0n) is 10.8. The van der Waals surface area contributed by atoms with Crippen LogP contribution in [0.5, 0.6) is 0 Å². The van der Waals surface area contributed by atoms with Gasteiger partial charge in [0.1, 0.15) is 0 Å². The minimum Gasteiger partial charge on any atom is -0.409 e. The Hall–Kier alpha value is -1.55. The first kappa shape index (κ1) is 12.9. The zero-order chi connectivity index (χ0) is 13.0. The third kappa shape index (κ3) is 3.23. The van der Waals surface area contributed by atoms with Crippen molar-refractivity contribution in [1.82, 2.24) is 4.90 Å². The first-order valence-electron chi connectivity index (χ1n) is 6.55. The molecule has 0 bridgehead atoms. The summed E-state index contributed by atoms with van der Waals surface area (Å²) in [5.74, 6) is 0.172. The summed E-state index contributed by atoms with van der Waals surface area (Å²) < 4.78 is 0. The molecule has 0 atom stereocenters. The number of oxime groups is 1. The monoisotopic (exact) mass is 247 g/mol.